The van der Waals surface area contributed by atoms with Crippen molar-refractivity contribution in [2.75, 3.05) is 5.75 Å². The molecule has 0 bridgehead atoms. The first-order valence-corrected chi connectivity index (χ1v) is 14.9. The topological polar surface area (TPSA) is 87.7 Å². The fourth-order valence-electron chi connectivity index (χ4n) is 5.90. The molecule has 7 heteroatoms. The van der Waals surface area contributed by atoms with Crippen LogP contribution in [-0.2, 0) is 28.1 Å². The molecule has 5 rings (SSSR count). The van der Waals surface area contributed by atoms with Gasteiger partial charge in [-0.25, -0.2) is 9.59 Å². The Labute approximate surface area is 240 Å². The normalized spacial score (nSPS) is 20.1. The van der Waals surface area contributed by atoms with Crippen LogP contribution in [0.4, 0.5) is 4.79 Å². The van der Waals surface area contributed by atoms with Gasteiger partial charge in [-0.3, -0.25) is 0 Å². The fourth-order valence-corrected chi connectivity index (χ4v) is 6.84. The van der Waals surface area contributed by atoms with Gasteiger partial charge in [0, 0.05) is 24.3 Å². The minimum Gasteiger partial charge on any atom is -0.511 e. The average molecular weight is 557 g/mol. The number of cyclic esters (lactones) is 1. The van der Waals surface area contributed by atoms with Crippen LogP contribution in [0.5, 0.6) is 0 Å². The molecule has 0 radical (unpaired) electrons. The van der Waals surface area contributed by atoms with E-state index in [1.165, 1.54) is 17.3 Å². The molecule has 6 nitrogen and oxygen atoms in total. The van der Waals surface area contributed by atoms with Gasteiger partial charge in [-0.15, -0.1) is 11.8 Å². The van der Waals surface area contributed by atoms with E-state index in [1.807, 2.05) is 78.9 Å². The Balaban J connectivity index is 1.34. The molecule has 2 amide bonds. The number of aliphatic hydroxyl groups excluding tert-OH is 1. The van der Waals surface area contributed by atoms with Crippen molar-refractivity contribution in [1.82, 2.24) is 10.6 Å². The summed E-state index contributed by atoms with van der Waals surface area (Å²) in [6.45, 7) is 0.425. The molecule has 1 heterocycles. The van der Waals surface area contributed by atoms with Crippen LogP contribution in [0.15, 0.2) is 102 Å². The van der Waals surface area contributed by atoms with Crippen molar-refractivity contribution in [2.24, 2.45) is 0 Å². The molecule has 1 unspecified atom stereocenters. The van der Waals surface area contributed by atoms with Gasteiger partial charge < -0.3 is 20.5 Å². The van der Waals surface area contributed by atoms with E-state index in [0.29, 0.717) is 18.7 Å². The minimum atomic E-state index is -1.08. The highest BCUT2D eigenvalue weighted by atomic mass is 32.2. The van der Waals surface area contributed by atoms with Gasteiger partial charge in [-0.05, 0) is 36.0 Å². The predicted octanol–water partition coefficient (Wildman–Crippen LogP) is 6.78. The van der Waals surface area contributed by atoms with Crippen LogP contribution < -0.4 is 10.6 Å². The number of hydrogen-bond donors (Lipinski definition) is 3. The number of ether oxygens (including phenoxy) is 1. The van der Waals surface area contributed by atoms with Crippen molar-refractivity contribution in [3.8, 4) is 0 Å². The SMILES string of the molecule is O=C(NCc1ccccc1)NC1(CC2(c3ccccc3)CC(O)=C(SCCc3ccccc3)C(=O)O2)CCCC1. The standard InChI is InChI=1S/C33H36N2O4S/c36-28-22-33(27-16-8-3-9-17-27,39-30(37)29(28)40-21-18-25-12-4-1-5-13-25)24-32(19-10-11-20-32)35-31(38)34-23-26-14-6-2-7-15-26/h1-9,12-17,36H,10-11,18-24H2,(H2,34,35,38). The zero-order valence-electron chi connectivity index (χ0n) is 22.6. The Kier molecular flexibility index (Phi) is 8.80. The number of nitrogens with one attached hydrogen (secondary N) is 2. The zero-order valence-corrected chi connectivity index (χ0v) is 23.4. The highest BCUT2D eigenvalue weighted by Gasteiger charge is 2.50. The third-order valence-corrected chi connectivity index (χ3v) is 8.93. The highest BCUT2D eigenvalue weighted by Crippen LogP contribution is 2.48. The minimum absolute atomic E-state index is 0.0554. The first-order valence-electron chi connectivity index (χ1n) is 13.9. The van der Waals surface area contributed by atoms with Crippen LogP contribution in [0.2, 0.25) is 0 Å². The summed E-state index contributed by atoms with van der Waals surface area (Å²) in [5.41, 5.74) is 1.38. The van der Waals surface area contributed by atoms with Gasteiger partial charge in [-0.1, -0.05) is 104 Å². The van der Waals surface area contributed by atoms with Gasteiger partial charge in [0.1, 0.15) is 16.3 Å². The van der Waals surface area contributed by atoms with Crippen molar-refractivity contribution >= 4 is 23.8 Å². The summed E-state index contributed by atoms with van der Waals surface area (Å²) in [6, 6.07) is 29.2. The van der Waals surface area contributed by atoms with Crippen molar-refractivity contribution in [3.05, 3.63) is 118 Å². The summed E-state index contributed by atoms with van der Waals surface area (Å²) in [7, 11) is 0. The largest absolute Gasteiger partial charge is 0.511 e. The van der Waals surface area contributed by atoms with E-state index in [-0.39, 0.29) is 23.1 Å². The number of benzene rings is 3. The lowest BCUT2D eigenvalue weighted by atomic mass is 9.76. The lowest BCUT2D eigenvalue weighted by Crippen LogP contribution is -2.55. The summed E-state index contributed by atoms with van der Waals surface area (Å²) in [5.74, 6) is 0.205. The molecule has 1 saturated carbocycles. The first-order chi connectivity index (χ1) is 19.5. The van der Waals surface area contributed by atoms with Crippen molar-refractivity contribution in [3.63, 3.8) is 0 Å². The summed E-state index contributed by atoms with van der Waals surface area (Å²) in [5, 5.41) is 17.5. The second kappa shape index (κ2) is 12.6. The van der Waals surface area contributed by atoms with E-state index in [0.717, 1.165) is 43.2 Å². The quantitative estimate of drug-likeness (QED) is 0.240. The van der Waals surface area contributed by atoms with E-state index < -0.39 is 17.1 Å². The molecule has 2 aliphatic rings. The van der Waals surface area contributed by atoms with E-state index in [1.54, 1.807) is 0 Å². The number of aliphatic hydroxyl groups is 1. The summed E-state index contributed by atoms with van der Waals surface area (Å²) < 4.78 is 6.29. The van der Waals surface area contributed by atoms with Gasteiger partial charge in [-0.2, -0.15) is 0 Å². The molecule has 1 fully saturated rings. The summed E-state index contributed by atoms with van der Waals surface area (Å²) in [4.78, 5) is 26.8. The molecule has 208 valence electrons. The van der Waals surface area contributed by atoms with Gasteiger partial charge in [0.05, 0.1) is 6.42 Å². The molecule has 3 N–H and O–H groups in total. The lowest BCUT2D eigenvalue weighted by Gasteiger charge is -2.43. The number of aryl methyl sites for hydroxylation is 1. The fraction of sp³-hybridized carbons (Fsp3) is 0.333. The monoisotopic (exact) mass is 556 g/mol. The molecular weight excluding hydrogens is 520 g/mol. The Morgan fingerprint density at radius 2 is 1.48 bits per heavy atom. The van der Waals surface area contributed by atoms with Gasteiger partial charge >= 0.3 is 12.0 Å². The van der Waals surface area contributed by atoms with Crippen molar-refractivity contribution in [1.29, 1.82) is 0 Å². The van der Waals surface area contributed by atoms with E-state index in [9.17, 15) is 14.7 Å². The number of rotatable bonds is 10. The lowest BCUT2D eigenvalue weighted by molar-refractivity contribution is -0.162. The Hall–Kier alpha value is -3.71. The maximum Gasteiger partial charge on any atom is 0.348 e. The number of esters is 1. The van der Waals surface area contributed by atoms with Crippen LogP contribution in [-0.4, -0.2) is 28.4 Å². The van der Waals surface area contributed by atoms with Gasteiger partial charge in [0.15, 0.2) is 0 Å². The molecular formula is C33H36N2O4S. The number of urea groups is 1. The molecule has 0 spiro atoms. The first kappa shape index (κ1) is 27.8. The molecule has 1 aliphatic heterocycles. The molecule has 1 aliphatic carbocycles. The van der Waals surface area contributed by atoms with E-state index >= 15 is 0 Å². The smallest absolute Gasteiger partial charge is 0.348 e. The molecule has 3 aromatic carbocycles. The van der Waals surface area contributed by atoms with Crippen molar-refractivity contribution in [2.45, 2.75) is 62.6 Å². The van der Waals surface area contributed by atoms with Crippen LogP contribution in [0.25, 0.3) is 0 Å². The number of thioether (sulfide) groups is 1. The van der Waals surface area contributed by atoms with Crippen LogP contribution in [0, 0.1) is 0 Å². The highest BCUT2D eigenvalue weighted by molar-refractivity contribution is 8.04. The summed E-state index contributed by atoms with van der Waals surface area (Å²) >= 11 is 1.34. The maximum absolute atomic E-state index is 13.4. The van der Waals surface area contributed by atoms with Crippen molar-refractivity contribution < 1.29 is 19.4 Å². The molecule has 40 heavy (non-hydrogen) atoms. The molecule has 3 aromatic rings. The van der Waals surface area contributed by atoms with Crippen LogP contribution >= 0.6 is 11.8 Å². The van der Waals surface area contributed by atoms with Crippen LogP contribution in [0.1, 0.15) is 55.2 Å². The van der Waals surface area contributed by atoms with Crippen LogP contribution in [0.3, 0.4) is 0 Å². The number of amides is 2. The average Bonchev–Trinajstić information content (AvgIpc) is 3.42. The Morgan fingerprint density at radius 3 is 2.10 bits per heavy atom. The van der Waals surface area contributed by atoms with Gasteiger partial charge in [0.2, 0.25) is 0 Å². The third kappa shape index (κ3) is 6.70. The second-order valence-corrected chi connectivity index (χ2v) is 11.8. The zero-order chi connectivity index (χ0) is 27.8. The number of carbonyl (C=O) groups is 2. The molecule has 1 atom stereocenters. The second-order valence-electron chi connectivity index (χ2n) is 10.7. The molecule has 0 aromatic heterocycles. The maximum atomic E-state index is 13.4. The van der Waals surface area contributed by atoms with E-state index in [2.05, 4.69) is 22.8 Å². The van der Waals surface area contributed by atoms with Gasteiger partial charge in [0.25, 0.3) is 0 Å². The number of hydrogen-bond acceptors (Lipinski definition) is 5. The molecule has 0 saturated heterocycles. The number of carbonyl (C=O) groups excluding carboxylic acids is 2. The van der Waals surface area contributed by atoms with E-state index in [4.69, 9.17) is 4.74 Å². The summed E-state index contributed by atoms with van der Waals surface area (Å²) in [6.07, 6.45) is 4.85. The Morgan fingerprint density at radius 1 is 0.875 bits per heavy atom. The predicted molar refractivity (Wildman–Crippen MR) is 159 cm³/mol. The third-order valence-electron chi connectivity index (χ3n) is 7.83. The Bertz CT molecular complexity index is 1320.